The molecular weight excluding hydrogens is 398 g/mol. The van der Waals surface area contributed by atoms with E-state index in [1.54, 1.807) is 17.8 Å². The summed E-state index contributed by atoms with van der Waals surface area (Å²) < 4.78 is 2.62. The van der Waals surface area contributed by atoms with Crippen LogP contribution in [0.5, 0.6) is 0 Å². The van der Waals surface area contributed by atoms with Crippen LogP contribution in [0.2, 0.25) is 0 Å². The van der Waals surface area contributed by atoms with Crippen LogP contribution in [0.15, 0.2) is 42.6 Å². The highest BCUT2D eigenvalue weighted by molar-refractivity contribution is 7.21. The predicted molar refractivity (Wildman–Crippen MR) is 120 cm³/mol. The smallest absolute Gasteiger partial charge is 0.325 e. The molecule has 30 heavy (non-hydrogen) atoms. The first-order valence-electron chi connectivity index (χ1n) is 9.84. The van der Waals surface area contributed by atoms with Crippen LogP contribution in [0, 0.1) is 6.92 Å². The van der Waals surface area contributed by atoms with E-state index in [9.17, 15) is 9.59 Å². The van der Waals surface area contributed by atoms with Gasteiger partial charge in [0.05, 0.1) is 26.3 Å². The van der Waals surface area contributed by atoms with Gasteiger partial charge in [0.25, 0.3) is 5.91 Å². The molecule has 3 aromatic heterocycles. The molecule has 0 unspecified atom stereocenters. The molecule has 0 radical (unpaired) electrons. The highest BCUT2D eigenvalue weighted by atomic mass is 32.1. The lowest BCUT2D eigenvalue weighted by Gasteiger charge is -2.30. The topological polar surface area (TPSA) is 79.3 Å². The Morgan fingerprint density at radius 2 is 1.97 bits per heavy atom. The molecular formula is C22H21N5O2S. The molecule has 1 fully saturated rings. The van der Waals surface area contributed by atoms with Crippen molar-refractivity contribution in [1.82, 2.24) is 19.8 Å². The summed E-state index contributed by atoms with van der Waals surface area (Å²) in [6.45, 7) is 3.58. The maximum atomic E-state index is 12.6. The number of carbonyl (C=O) groups excluding carboxylic acids is 2. The molecule has 0 bridgehead atoms. The number of hydrogen-bond acceptors (Lipinski definition) is 5. The van der Waals surface area contributed by atoms with Crippen molar-refractivity contribution in [3.63, 3.8) is 0 Å². The van der Waals surface area contributed by atoms with E-state index < -0.39 is 0 Å². The summed E-state index contributed by atoms with van der Waals surface area (Å²) in [6, 6.07) is 11.5. The Labute approximate surface area is 177 Å². The van der Waals surface area contributed by atoms with Gasteiger partial charge in [0.2, 0.25) is 0 Å². The molecule has 2 amide bonds. The van der Waals surface area contributed by atoms with Gasteiger partial charge in [-0.25, -0.2) is 4.79 Å². The second-order valence-electron chi connectivity index (χ2n) is 7.40. The van der Waals surface area contributed by atoms with E-state index in [2.05, 4.69) is 15.6 Å². The van der Waals surface area contributed by atoms with E-state index in [0.717, 1.165) is 62.6 Å². The monoisotopic (exact) mass is 419 g/mol. The van der Waals surface area contributed by atoms with E-state index in [-0.39, 0.29) is 11.9 Å². The summed E-state index contributed by atoms with van der Waals surface area (Å²) in [4.78, 5) is 31.8. The minimum atomic E-state index is -0.156. The first kappa shape index (κ1) is 18.6. The van der Waals surface area contributed by atoms with Gasteiger partial charge in [-0.15, -0.1) is 11.3 Å². The van der Waals surface area contributed by atoms with E-state index in [1.165, 1.54) is 11.3 Å². The van der Waals surface area contributed by atoms with Crippen molar-refractivity contribution in [3.8, 4) is 0 Å². The quantitative estimate of drug-likeness (QED) is 0.518. The Kier molecular flexibility index (Phi) is 4.43. The maximum Gasteiger partial charge on any atom is 0.325 e. The Hall–Kier alpha value is -3.39. The summed E-state index contributed by atoms with van der Waals surface area (Å²) in [5.41, 5.74) is 4.37. The number of fused-ring (bicyclic) bond motifs is 2. The number of aromatic nitrogens is 2. The molecule has 4 heterocycles. The molecule has 2 N–H and O–H groups in total. The largest absolute Gasteiger partial charge is 0.354 e. The number of rotatable bonds is 3. The zero-order valence-corrected chi connectivity index (χ0v) is 17.5. The molecule has 0 aliphatic carbocycles. The predicted octanol–water partition coefficient (Wildman–Crippen LogP) is 4.34. The normalized spacial score (nSPS) is 13.5. The van der Waals surface area contributed by atoms with Gasteiger partial charge in [-0.05, 0) is 49.7 Å². The van der Waals surface area contributed by atoms with Crippen LogP contribution >= 0.6 is 11.3 Å². The SMILES string of the molecule is CNC(=O)n1c(C)cc2cc(Nc3ccnc4cc(C(=O)N5CCC5)sc34)ccc21. The fraction of sp³-hybridized carbons (Fsp3) is 0.227. The van der Waals surface area contributed by atoms with E-state index in [0.29, 0.717) is 0 Å². The third-order valence-electron chi connectivity index (χ3n) is 5.45. The standard InChI is InChI=1S/C22H21N5O2S/c1-13-10-14-11-15(4-5-18(14)27(13)22(29)23-2)25-16-6-7-24-17-12-19(30-20(16)17)21(28)26-8-3-9-26/h4-7,10-12H,3,8-9H2,1-2H3,(H,23,29)(H,24,25). The third-order valence-corrected chi connectivity index (χ3v) is 6.59. The lowest BCUT2D eigenvalue weighted by Crippen LogP contribution is -2.41. The van der Waals surface area contributed by atoms with Gasteiger partial charge in [-0.1, -0.05) is 0 Å². The fourth-order valence-corrected chi connectivity index (χ4v) is 4.84. The Morgan fingerprint density at radius 1 is 1.13 bits per heavy atom. The van der Waals surface area contributed by atoms with Crippen LogP contribution in [0.4, 0.5) is 16.2 Å². The van der Waals surface area contributed by atoms with Crippen LogP contribution in [-0.2, 0) is 0 Å². The van der Waals surface area contributed by atoms with Gasteiger partial charge in [-0.2, -0.15) is 0 Å². The molecule has 1 saturated heterocycles. The first-order valence-corrected chi connectivity index (χ1v) is 10.7. The maximum absolute atomic E-state index is 12.6. The molecule has 8 heteroatoms. The van der Waals surface area contributed by atoms with E-state index in [1.807, 2.05) is 48.2 Å². The molecule has 0 spiro atoms. The van der Waals surface area contributed by atoms with E-state index in [4.69, 9.17) is 0 Å². The number of nitrogens with one attached hydrogen (secondary N) is 2. The minimum Gasteiger partial charge on any atom is -0.354 e. The van der Waals surface area contributed by atoms with Crippen LogP contribution in [0.25, 0.3) is 21.1 Å². The lowest BCUT2D eigenvalue weighted by atomic mass is 10.2. The number of thiophene rings is 1. The fourth-order valence-electron chi connectivity index (χ4n) is 3.79. The van der Waals surface area contributed by atoms with Crippen molar-refractivity contribution in [3.05, 3.63) is 53.2 Å². The van der Waals surface area contributed by atoms with Crippen molar-refractivity contribution in [2.24, 2.45) is 0 Å². The molecule has 152 valence electrons. The zero-order chi connectivity index (χ0) is 20.8. The van der Waals surface area contributed by atoms with Crippen molar-refractivity contribution < 1.29 is 9.59 Å². The summed E-state index contributed by atoms with van der Waals surface area (Å²) >= 11 is 1.47. The molecule has 5 rings (SSSR count). The zero-order valence-electron chi connectivity index (χ0n) is 16.7. The lowest BCUT2D eigenvalue weighted by molar-refractivity contribution is 0.0657. The Bertz CT molecular complexity index is 1300. The van der Waals surface area contributed by atoms with Gasteiger partial charge in [-0.3, -0.25) is 14.3 Å². The highest BCUT2D eigenvalue weighted by Gasteiger charge is 2.24. The van der Waals surface area contributed by atoms with Gasteiger partial charge >= 0.3 is 6.03 Å². The number of carbonyl (C=O) groups is 2. The number of likely N-dealkylation sites (tertiary alicyclic amines) is 1. The number of amides is 2. The average molecular weight is 420 g/mol. The second-order valence-corrected chi connectivity index (χ2v) is 8.46. The summed E-state index contributed by atoms with van der Waals surface area (Å²) in [5.74, 6) is 0.0858. The molecule has 1 aromatic carbocycles. The van der Waals surface area contributed by atoms with Gasteiger partial charge in [0.1, 0.15) is 0 Å². The minimum absolute atomic E-state index is 0.0858. The highest BCUT2D eigenvalue weighted by Crippen LogP contribution is 2.34. The van der Waals surface area contributed by atoms with Gasteiger partial charge < -0.3 is 15.5 Å². The first-order chi connectivity index (χ1) is 14.5. The van der Waals surface area contributed by atoms with Crippen LogP contribution in [0.3, 0.4) is 0 Å². The number of anilines is 2. The molecule has 0 saturated carbocycles. The van der Waals surface area contributed by atoms with Crippen molar-refractivity contribution >= 4 is 55.8 Å². The van der Waals surface area contributed by atoms with Crippen LogP contribution in [0.1, 0.15) is 21.8 Å². The van der Waals surface area contributed by atoms with Crippen molar-refractivity contribution in [2.45, 2.75) is 13.3 Å². The molecule has 7 nitrogen and oxygen atoms in total. The van der Waals surface area contributed by atoms with Crippen LogP contribution in [-0.4, -0.2) is 46.5 Å². The number of benzene rings is 1. The summed E-state index contributed by atoms with van der Waals surface area (Å²) in [5, 5.41) is 7.11. The molecule has 4 aromatic rings. The summed E-state index contributed by atoms with van der Waals surface area (Å²) in [7, 11) is 1.63. The van der Waals surface area contributed by atoms with Crippen molar-refractivity contribution in [1.29, 1.82) is 0 Å². The van der Waals surface area contributed by atoms with Gasteiger partial charge in [0.15, 0.2) is 0 Å². The molecule has 1 aliphatic heterocycles. The average Bonchev–Trinajstić information content (AvgIpc) is 3.27. The number of hydrogen-bond donors (Lipinski definition) is 2. The van der Waals surface area contributed by atoms with Gasteiger partial charge in [0, 0.05) is 43.1 Å². The third kappa shape index (κ3) is 3.00. The Morgan fingerprint density at radius 3 is 2.70 bits per heavy atom. The van der Waals surface area contributed by atoms with Crippen molar-refractivity contribution in [2.75, 3.05) is 25.5 Å². The number of aryl methyl sites for hydroxylation is 1. The van der Waals surface area contributed by atoms with Crippen LogP contribution < -0.4 is 10.6 Å². The second kappa shape index (κ2) is 7.14. The van der Waals surface area contributed by atoms with E-state index >= 15 is 0 Å². The number of nitrogens with zero attached hydrogens (tertiary/aromatic N) is 3. The molecule has 1 aliphatic rings. The number of pyridine rings is 1. The Balaban J connectivity index is 1.49. The summed E-state index contributed by atoms with van der Waals surface area (Å²) in [6.07, 6.45) is 2.82. The molecule has 0 atom stereocenters.